The number of hydrogen-bond donors (Lipinski definition) is 2. The van der Waals surface area contributed by atoms with Crippen LogP contribution in [0.4, 0.5) is 0 Å². The van der Waals surface area contributed by atoms with Crippen LogP contribution in [0.2, 0.25) is 0 Å². The first-order valence-corrected chi connectivity index (χ1v) is 8.62. The van der Waals surface area contributed by atoms with Gasteiger partial charge in [-0.25, -0.2) is 0 Å². The van der Waals surface area contributed by atoms with E-state index in [1.807, 2.05) is 18.2 Å². The third-order valence-electron chi connectivity index (χ3n) is 3.65. The van der Waals surface area contributed by atoms with Crippen molar-refractivity contribution in [3.8, 4) is 0 Å². The molecule has 0 heterocycles. The first kappa shape index (κ1) is 16.5. The minimum atomic E-state index is -0.0844. The zero-order valence-corrected chi connectivity index (χ0v) is 15.2. The zero-order valence-electron chi connectivity index (χ0n) is 11.4. The Labute approximate surface area is 145 Å². The van der Waals surface area contributed by atoms with Crippen molar-refractivity contribution in [1.82, 2.24) is 4.90 Å². The fraction of sp³-hybridized carbons (Fsp3) is 0.429. The molecule has 0 aromatic heterocycles. The first-order chi connectivity index (χ1) is 10.0. The van der Waals surface area contributed by atoms with E-state index in [1.165, 1.54) is 0 Å². The van der Waals surface area contributed by atoms with Gasteiger partial charge in [0.2, 0.25) is 0 Å². The SMILES string of the molecule is N/C(CN(C(=O)c1cc(I)ccc1Br)C1CCCC1)=N/O. The van der Waals surface area contributed by atoms with Gasteiger partial charge in [-0.3, -0.25) is 4.79 Å². The van der Waals surface area contributed by atoms with E-state index in [9.17, 15) is 4.79 Å². The van der Waals surface area contributed by atoms with Crippen molar-refractivity contribution in [2.75, 3.05) is 6.54 Å². The fourth-order valence-electron chi connectivity index (χ4n) is 2.60. The quantitative estimate of drug-likeness (QED) is 0.235. The standard InChI is InChI=1S/C14H17BrIN3O2/c15-12-6-5-9(16)7-11(12)14(20)19(8-13(17)18-21)10-3-1-2-4-10/h5-7,10,21H,1-4,8H2,(H2,17,18). The number of nitrogens with zero attached hydrogens (tertiary/aromatic N) is 2. The summed E-state index contributed by atoms with van der Waals surface area (Å²) in [5.41, 5.74) is 6.23. The molecule has 1 aromatic carbocycles. The van der Waals surface area contributed by atoms with Gasteiger partial charge < -0.3 is 15.8 Å². The molecule has 0 aliphatic heterocycles. The molecule has 2 rings (SSSR count). The summed E-state index contributed by atoms with van der Waals surface area (Å²) < 4.78 is 1.75. The van der Waals surface area contributed by atoms with Crippen LogP contribution in [-0.2, 0) is 0 Å². The lowest BCUT2D eigenvalue weighted by Gasteiger charge is -2.29. The molecule has 1 aliphatic carbocycles. The van der Waals surface area contributed by atoms with Crippen molar-refractivity contribution >= 4 is 50.3 Å². The second kappa shape index (κ2) is 7.44. The van der Waals surface area contributed by atoms with Gasteiger partial charge in [0.1, 0.15) is 0 Å². The molecule has 3 N–H and O–H groups in total. The number of rotatable bonds is 4. The van der Waals surface area contributed by atoms with E-state index in [4.69, 9.17) is 10.9 Å². The number of carbonyl (C=O) groups is 1. The number of hydrogen-bond acceptors (Lipinski definition) is 3. The Balaban J connectivity index is 2.30. The highest BCUT2D eigenvalue weighted by Gasteiger charge is 2.29. The molecule has 1 aromatic rings. The van der Waals surface area contributed by atoms with Gasteiger partial charge in [-0.05, 0) is 69.6 Å². The minimum Gasteiger partial charge on any atom is -0.409 e. The smallest absolute Gasteiger partial charge is 0.255 e. The minimum absolute atomic E-state index is 0.0528. The largest absolute Gasteiger partial charge is 0.409 e. The number of amidine groups is 1. The fourth-order valence-corrected chi connectivity index (χ4v) is 3.51. The average Bonchev–Trinajstić information content (AvgIpc) is 3.00. The molecular formula is C14H17BrIN3O2. The summed E-state index contributed by atoms with van der Waals surface area (Å²) in [6, 6.07) is 5.81. The highest BCUT2D eigenvalue weighted by Crippen LogP contribution is 2.27. The molecule has 7 heteroatoms. The van der Waals surface area contributed by atoms with E-state index in [0.29, 0.717) is 5.56 Å². The summed E-state index contributed by atoms with van der Waals surface area (Å²) in [5, 5.41) is 11.8. The van der Waals surface area contributed by atoms with Crippen molar-refractivity contribution in [2.45, 2.75) is 31.7 Å². The monoisotopic (exact) mass is 465 g/mol. The first-order valence-electron chi connectivity index (χ1n) is 6.75. The zero-order chi connectivity index (χ0) is 15.4. The van der Waals surface area contributed by atoms with E-state index in [1.54, 1.807) is 4.90 Å². The lowest BCUT2D eigenvalue weighted by molar-refractivity contribution is 0.0711. The molecule has 114 valence electrons. The van der Waals surface area contributed by atoms with E-state index >= 15 is 0 Å². The number of nitrogens with two attached hydrogens (primary N) is 1. The number of carbonyl (C=O) groups excluding carboxylic acids is 1. The van der Waals surface area contributed by atoms with E-state index in [0.717, 1.165) is 33.7 Å². The molecule has 1 fully saturated rings. The molecule has 5 nitrogen and oxygen atoms in total. The molecule has 0 unspecified atom stereocenters. The van der Waals surface area contributed by atoms with Crippen molar-refractivity contribution in [3.63, 3.8) is 0 Å². The maximum Gasteiger partial charge on any atom is 0.255 e. The maximum atomic E-state index is 12.9. The molecule has 0 radical (unpaired) electrons. The number of oxime groups is 1. The van der Waals surface area contributed by atoms with Crippen molar-refractivity contribution < 1.29 is 10.0 Å². The molecule has 1 saturated carbocycles. The van der Waals surface area contributed by atoms with Gasteiger partial charge in [0.25, 0.3) is 5.91 Å². The van der Waals surface area contributed by atoms with Crippen LogP contribution in [0.25, 0.3) is 0 Å². The molecule has 1 amide bonds. The number of halogens is 2. The van der Waals surface area contributed by atoms with Crippen molar-refractivity contribution in [3.05, 3.63) is 31.8 Å². The van der Waals surface area contributed by atoms with Gasteiger partial charge in [0.15, 0.2) is 5.84 Å². The Hall–Kier alpha value is -0.830. The van der Waals surface area contributed by atoms with Gasteiger partial charge >= 0.3 is 0 Å². The second-order valence-electron chi connectivity index (χ2n) is 5.09. The molecule has 21 heavy (non-hydrogen) atoms. The maximum absolute atomic E-state index is 12.9. The lowest BCUT2D eigenvalue weighted by atomic mass is 10.1. The highest BCUT2D eigenvalue weighted by atomic mass is 127. The Morgan fingerprint density at radius 3 is 2.76 bits per heavy atom. The van der Waals surface area contributed by atoms with Crippen LogP contribution in [0.3, 0.4) is 0 Å². The topological polar surface area (TPSA) is 78.9 Å². The summed E-state index contributed by atoms with van der Waals surface area (Å²) in [6.07, 6.45) is 4.15. The molecule has 1 aliphatic rings. The number of benzene rings is 1. The van der Waals surface area contributed by atoms with Crippen LogP contribution >= 0.6 is 38.5 Å². The predicted molar refractivity (Wildman–Crippen MR) is 93.6 cm³/mol. The van der Waals surface area contributed by atoms with Gasteiger partial charge in [-0.2, -0.15) is 0 Å². The molecule has 0 bridgehead atoms. The summed E-state index contributed by atoms with van der Waals surface area (Å²) >= 11 is 5.61. The number of amides is 1. The van der Waals surface area contributed by atoms with Crippen molar-refractivity contribution in [1.29, 1.82) is 0 Å². The van der Waals surface area contributed by atoms with Gasteiger partial charge in [0, 0.05) is 14.1 Å². The van der Waals surface area contributed by atoms with Gasteiger partial charge in [0.05, 0.1) is 12.1 Å². The Morgan fingerprint density at radius 2 is 2.14 bits per heavy atom. The third-order valence-corrected chi connectivity index (χ3v) is 5.01. The highest BCUT2D eigenvalue weighted by molar-refractivity contribution is 14.1. The van der Waals surface area contributed by atoms with Crippen LogP contribution in [-0.4, -0.2) is 34.4 Å². The molecule has 0 spiro atoms. The Kier molecular flexibility index (Phi) is 5.86. The second-order valence-corrected chi connectivity index (χ2v) is 7.19. The Morgan fingerprint density at radius 1 is 1.48 bits per heavy atom. The van der Waals surface area contributed by atoms with Gasteiger partial charge in [-0.1, -0.05) is 18.0 Å². The molecule has 0 atom stereocenters. The molecule has 0 saturated heterocycles. The summed E-state index contributed by atoms with van der Waals surface area (Å²) in [5.74, 6) is -0.0316. The van der Waals surface area contributed by atoms with Crippen LogP contribution in [0, 0.1) is 3.57 Å². The average molecular weight is 466 g/mol. The lowest BCUT2D eigenvalue weighted by Crippen LogP contribution is -2.44. The predicted octanol–water partition coefficient (Wildman–Crippen LogP) is 3.18. The summed E-state index contributed by atoms with van der Waals surface area (Å²) in [7, 11) is 0. The van der Waals surface area contributed by atoms with E-state index < -0.39 is 0 Å². The van der Waals surface area contributed by atoms with Crippen molar-refractivity contribution in [2.24, 2.45) is 10.9 Å². The third kappa shape index (κ3) is 4.09. The molecular weight excluding hydrogens is 449 g/mol. The normalized spacial score (nSPS) is 16.2. The summed E-state index contributed by atoms with van der Waals surface area (Å²) in [6.45, 7) is 0.151. The van der Waals surface area contributed by atoms with Crippen LogP contribution in [0.1, 0.15) is 36.0 Å². The van der Waals surface area contributed by atoms with E-state index in [2.05, 4.69) is 43.7 Å². The summed E-state index contributed by atoms with van der Waals surface area (Å²) in [4.78, 5) is 14.6. The van der Waals surface area contributed by atoms with Crippen LogP contribution in [0.15, 0.2) is 27.8 Å². The van der Waals surface area contributed by atoms with E-state index in [-0.39, 0.29) is 24.3 Å². The van der Waals surface area contributed by atoms with Crippen LogP contribution < -0.4 is 5.73 Å². The Bertz CT molecular complexity index is 559. The van der Waals surface area contributed by atoms with Crippen LogP contribution in [0.5, 0.6) is 0 Å². The van der Waals surface area contributed by atoms with Gasteiger partial charge in [-0.15, -0.1) is 0 Å².